The first kappa shape index (κ1) is 30.5. The maximum Gasteiger partial charge on any atom is 0.412 e. The van der Waals surface area contributed by atoms with Crippen molar-refractivity contribution in [3.8, 4) is 0 Å². The fraction of sp³-hybridized carbons (Fsp3) is 0.529. The van der Waals surface area contributed by atoms with Crippen molar-refractivity contribution in [3.05, 3.63) is 59.3 Å². The molecule has 244 valence electrons. The molecule has 3 saturated heterocycles. The number of aromatic amines is 1. The number of hydrogen-bond acceptors (Lipinski definition) is 8. The molecule has 2 aromatic carbocycles. The van der Waals surface area contributed by atoms with Crippen molar-refractivity contribution in [2.45, 2.75) is 63.2 Å². The number of rotatable bonds is 5. The number of piperidine rings is 2. The van der Waals surface area contributed by atoms with Crippen LogP contribution in [0.5, 0.6) is 0 Å². The van der Waals surface area contributed by atoms with E-state index in [1.807, 2.05) is 48.2 Å². The molecule has 0 unspecified atom stereocenters. The first-order chi connectivity index (χ1) is 22.4. The van der Waals surface area contributed by atoms with Crippen LogP contribution in [0.3, 0.4) is 0 Å². The van der Waals surface area contributed by atoms with Gasteiger partial charge in [0, 0.05) is 75.5 Å². The molecule has 0 saturated carbocycles. The summed E-state index contributed by atoms with van der Waals surface area (Å²) < 4.78 is 11.9. The van der Waals surface area contributed by atoms with Gasteiger partial charge >= 0.3 is 12.2 Å². The first-order valence-corrected chi connectivity index (χ1v) is 16.6. The molecule has 0 bridgehead atoms. The normalized spacial score (nSPS) is 21.3. The lowest BCUT2D eigenvalue weighted by atomic mass is 9.82. The highest BCUT2D eigenvalue weighted by Crippen LogP contribution is 2.43. The molecule has 4 aliphatic heterocycles. The number of nitrogens with one attached hydrogen (secondary N) is 3. The third-order valence-corrected chi connectivity index (χ3v) is 10.2. The number of benzene rings is 2. The van der Waals surface area contributed by atoms with E-state index >= 15 is 0 Å². The Kier molecular flexibility index (Phi) is 8.56. The van der Waals surface area contributed by atoms with Crippen LogP contribution in [0, 0.1) is 6.92 Å². The number of para-hydroxylation sites is 1. The lowest BCUT2D eigenvalue weighted by molar-refractivity contribution is -0.142. The number of anilines is 1. The molecule has 3 amide bonds. The van der Waals surface area contributed by atoms with Crippen LogP contribution >= 0.6 is 0 Å². The minimum atomic E-state index is -0.955. The molecule has 12 heteroatoms. The molecule has 0 radical (unpaired) electrons. The molecule has 3 aromatic rings. The molecule has 1 aromatic heterocycles. The van der Waals surface area contributed by atoms with E-state index in [9.17, 15) is 14.4 Å². The van der Waals surface area contributed by atoms with Crippen molar-refractivity contribution in [3.63, 3.8) is 0 Å². The van der Waals surface area contributed by atoms with E-state index in [2.05, 4.69) is 25.7 Å². The number of hydrogen-bond donors (Lipinski definition) is 3. The Morgan fingerprint density at radius 1 is 1.04 bits per heavy atom. The summed E-state index contributed by atoms with van der Waals surface area (Å²) in [7, 11) is 0. The minimum absolute atomic E-state index is 0.149. The van der Waals surface area contributed by atoms with Crippen molar-refractivity contribution < 1.29 is 23.9 Å². The van der Waals surface area contributed by atoms with Gasteiger partial charge in [-0.2, -0.15) is 5.10 Å². The maximum absolute atomic E-state index is 14.1. The first-order valence-electron chi connectivity index (χ1n) is 16.6. The third-order valence-electron chi connectivity index (χ3n) is 10.2. The van der Waals surface area contributed by atoms with Crippen LogP contribution in [0.25, 0.3) is 10.9 Å². The van der Waals surface area contributed by atoms with Crippen LogP contribution in [0.1, 0.15) is 48.8 Å². The van der Waals surface area contributed by atoms with E-state index in [-0.39, 0.29) is 12.3 Å². The standard InChI is InChI=1S/C34H43N7O5/c1-23-19-24(20-25-22-36-38-30(23)25)21-29(31(42)40-14-7-26(8-15-40)39-13-4-11-35-12-18-39)45-33(44)41-16-9-34(10-17-41)27-5-2-3-6-28(27)37-32(43)46-34/h2-3,5-6,19-20,22,26,29,35H,4,7-18,21H2,1H3,(H,36,38)(H,37,43)/t29-/m1/s1. The summed E-state index contributed by atoms with van der Waals surface area (Å²) in [6.07, 6.45) is 3.94. The molecule has 1 atom stereocenters. The zero-order valence-corrected chi connectivity index (χ0v) is 26.4. The number of carbonyl (C=O) groups excluding carboxylic acids is 3. The average Bonchev–Trinajstić information content (AvgIpc) is 3.38. The lowest BCUT2D eigenvalue weighted by Crippen LogP contribution is -2.53. The van der Waals surface area contributed by atoms with E-state index in [0.29, 0.717) is 45.1 Å². The lowest BCUT2D eigenvalue weighted by Gasteiger charge is -2.44. The van der Waals surface area contributed by atoms with Gasteiger partial charge in [0.1, 0.15) is 5.60 Å². The number of aromatic nitrogens is 2. The van der Waals surface area contributed by atoms with Gasteiger partial charge in [0.25, 0.3) is 5.91 Å². The topological polar surface area (TPSA) is 132 Å². The molecular weight excluding hydrogens is 586 g/mol. The zero-order valence-electron chi connectivity index (χ0n) is 26.4. The van der Waals surface area contributed by atoms with Crippen molar-refractivity contribution in [2.75, 3.05) is 57.7 Å². The van der Waals surface area contributed by atoms with Crippen LogP contribution in [-0.4, -0.2) is 107 Å². The number of aryl methyl sites for hydroxylation is 1. The highest BCUT2D eigenvalue weighted by Gasteiger charge is 2.46. The summed E-state index contributed by atoms with van der Waals surface area (Å²) in [5.41, 5.74) is 3.75. The quantitative estimate of drug-likeness (QED) is 0.389. The summed E-state index contributed by atoms with van der Waals surface area (Å²) in [5, 5.41) is 14.4. The molecule has 12 nitrogen and oxygen atoms in total. The van der Waals surface area contributed by atoms with Crippen LogP contribution in [-0.2, 0) is 26.3 Å². The second kappa shape index (κ2) is 12.9. The van der Waals surface area contributed by atoms with Gasteiger partial charge in [-0.1, -0.05) is 24.3 Å². The predicted molar refractivity (Wildman–Crippen MR) is 172 cm³/mol. The fourth-order valence-electron chi connectivity index (χ4n) is 7.69. The Hall–Kier alpha value is -4.16. The highest BCUT2D eigenvalue weighted by molar-refractivity contribution is 5.89. The number of nitrogens with zero attached hydrogens (tertiary/aromatic N) is 4. The maximum atomic E-state index is 14.1. The van der Waals surface area contributed by atoms with E-state index in [4.69, 9.17) is 9.47 Å². The van der Waals surface area contributed by atoms with Crippen molar-refractivity contribution in [1.82, 2.24) is 30.2 Å². The van der Waals surface area contributed by atoms with Gasteiger partial charge in [0.15, 0.2) is 6.10 Å². The monoisotopic (exact) mass is 629 g/mol. The van der Waals surface area contributed by atoms with Gasteiger partial charge in [-0.3, -0.25) is 20.1 Å². The predicted octanol–water partition coefficient (Wildman–Crippen LogP) is 3.76. The second-order valence-electron chi connectivity index (χ2n) is 13.1. The Bertz CT molecular complexity index is 1580. The van der Waals surface area contributed by atoms with Crippen molar-refractivity contribution >= 4 is 34.7 Å². The highest BCUT2D eigenvalue weighted by atomic mass is 16.6. The number of H-pyrrole nitrogens is 1. The van der Waals surface area contributed by atoms with E-state index in [1.165, 1.54) is 0 Å². The van der Waals surface area contributed by atoms with Gasteiger partial charge < -0.3 is 24.6 Å². The molecule has 4 aliphatic rings. The Labute approximate surface area is 268 Å². The van der Waals surface area contributed by atoms with Gasteiger partial charge in [0.2, 0.25) is 0 Å². The average molecular weight is 630 g/mol. The van der Waals surface area contributed by atoms with Crippen LogP contribution in [0.15, 0.2) is 42.6 Å². The molecule has 5 heterocycles. The summed E-state index contributed by atoms with van der Waals surface area (Å²) in [5.74, 6) is -0.149. The number of carbonyl (C=O) groups is 3. The molecule has 1 spiro atoms. The summed E-state index contributed by atoms with van der Waals surface area (Å²) in [4.78, 5) is 46.2. The minimum Gasteiger partial charge on any atom is -0.438 e. The number of ether oxygens (including phenoxy) is 2. The number of likely N-dealkylation sites (tertiary alicyclic amines) is 2. The Balaban J connectivity index is 1.05. The largest absolute Gasteiger partial charge is 0.438 e. The number of amides is 3. The Morgan fingerprint density at radius 3 is 2.67 bits per heavy atom. The van der Waals surface area contributed by atoms with Crippen molar-refractivity contribution in [1.29, 1.82) is 0 Å². The summed E-state index contributed by atoms with van der Waals surface area (Å²) >= 11 is 0. The van der Waals surface area contributed by atoms with Gasteiger partial charge in [-0.15, -0.1) is 0 Å². The zero-order chi connectivity index (χ0) is 31.7. The molecule has 7 rings (SSSR count). The third kappa shape index (κ3) is 6.15. The number of fused-ring (bicyclic) bond motifs is 3. The molecular formula is C34H43N7O5. The van der Waals surface area contributed by atoms with Crippen molar-refractivity contribution in [2.24, 2.45) is 0 Å². The summed E-state index contributed by atoms with van der Waals surface area (Å²) in [6, 6.07) is 12.1. The fourth-order valence-corrected chi connectivity index (χ4v) is 7.69. The van der Waals surface area contributed by atoms with Gasteiger partial charge in [-0.05, 0) is 62.5 Å². The van der Waals surface area contributed by atoms with E-state index in [1.54, 1.807) is 11.1 Å². The smallest absolute Gasteiger partial charge is 0.412 e. The summed E-state index contributed by atoms with van der Waals surface area (Å²) in [6.45, 7) is 8.16. The Morgan fingerprint density at radius 2 is 1.85 bits per heavy atom. The SMILES string of the molecule is Cc1cc(C[C@@H](OC(=O)N2CCC3(CC2)OC(=O)Nc2ccccc23)C(=O)N2CCC(N3CCCNCC3)CC2)cc2cn[nH]c12. The molecule has 0 aliphatic carbocycles. The van der Waals surface area contributed by atoms with Gasteiger partial charge in [-0.25, -0.2) is 9.59 Å². The second-order valence-corrected chi connectivity index (χ2v) is 13.1. The molecule has 3 fully saturated rings. The van der Waals surface area contributed by atoms with Crippen LogP contribution in [0.4, 0.5) is 15.3 Å². The van der Waals surface area contributed by atoms with Crippen LogP contribution in [0.2, 0.25) is 0 Å². The molecule has 46 heavy (non-hydrogen) atoms. The van der Waals surface area contributed by atoms with E-state index < -0.39 is 23.9 Å². The molecule has 3 N–H and O–H groups in total. The van der Waals surface area contributed by atoms with Gasteiger partial charge in [0.05, 0.1) is 17.4 Å². The van der Waals surface area contributed by atoms with Crippen LogP contribution < -0.4 is 10.6 Å². The van der Waals surface area contributed by atoms with E-state index in [0.717, 1.165) is 78.7 Å².